The molecule has 3 N–H and O–H groups in total. The summed E-state index contributed by atoms with van der Waals surface area (Å²) in [6.45, 7) is 1.29. The van der Waals surface area contributed by atoms with E-state index in [0.717, 1.165) is 5.56 Å². The molecule has 0 saturated carbocycles. The van der Waals surface area contributed by atoms with E-state index in [4.69, 9.17) is 5.11 Å². The van der Waals surface area contributed by atoms with Gasteiger partial charge in [0.05, 0.1) is 0 Å². The van der Waals surface area contributed by atoms with Crippen molar-refractivity contribution in [3.63, 3.8) is 0 Å². The normalized spacial score (nSPS) is 11.8. The summed E-state index contributed by atoms with van der Waals surface area (Å²) in [4.78, 5) is 21.7. The Morgan fingerprint density at radius 3 is 2.63 bits per heavy atom. The summed E-state index contributed by atoms with van der Waals surface area (Å²) in [5.41, 5.74) is 0.835. The maximum absolute atomic E-state index is 10.9. The van der Waals surface area contributed by atoms with Crippen molar-refractivity contribution >= 4 is 23.6 Å². The van der Waals surface area contributed by atoms with Crippen molar-refractivity contribution in [1.29, 1.82) is 0 Å². The number of carboxylic acids is 1. The van der Waals surface area contributed by atoms with Crippen LogP contribution in [0, 0.1) is 0 Å². The molecule has 0 heterocycles. The fraction of sp³-hybridized carbons (Fsp3) is 0.385. The summed E-state index contributed by atoms with van der Waals surface area (Å²) in [6.07, 6.45) is 0.656. The Hall–Kier alpha value is -1.69. The topological polar surface area (TPSA) is 86.6 Å². The lowest BCUT2D eigenvalue weighted by Gasteiger charge is -2.12. The van der Waals surface area contributed by atoms with E-state index in [2.05, 4.69) is 5.32 Å². The van der Waals surface area contributed by atoms with Gasteiger partial charge in [-0.3, -0.25) is 4.79 Å². The van der Waals surface area contributed by atoms with Crippen LogP contribution in [-0.2, 0) is 16.0 Å². The van der Waals surface area contributed by atoms with Gasteiger partial charge < -0.3 is 15.5 Å². The second-order valence-electron chi connectivity index (χ2n) is 4.04. The van der Waals surface area contributed by atoms with E-state index in [1.165, 1.54) is 18.7 Å². The number of carbonyl (C=O) groups is 2. The second-order valence-corrected chi connectivity index (χ2v) is 5.19. The number of thioether (sulfide) groups is 1. The number of aliphatic carboxylic acids is 1. The van der Waals surface area contributed by atoms with E-state index >= 15 is 0 Å². The van der Waals surface area contributed by atoms with Crippen molar-refractivity contribution in [3.05, 3.63) is 29.8 Å². The number of aryl methyl sites for hydroxylation is 1. The number of aromatic hydroxyl groups is 1. The number of phenols is 1. The summed E-state index contributed by atoms with van der Waals surface area (Å²) in [6, 6.07) is 6.18. The van der Waals surface area contributed by atoms with E-state index in [1.807, 2.05) is 12.1 Å². The first kappa shape index (κ1) is 15.4. The van der Waals surface area contributed by atoms with E-state index in [-0.39, 0.29) is 11.7 Å². The monoisotopic (exact) mass is 283 g/mol. The number of nitrogens with one attached hydrogen (secondary N) is 1. The van der Waals surface area contributed by atoms with Crippen LogP contribution in [0.3, 0.4) is 0 Å². The minimum Gasteiger partial charge on any atom is -0.508 e. The Morgan fingerprint density at radius 1 is 1.37 bits per heavy atom. The smallest absolute Gasteiger partial charge is 0.327 e. The molecule has 19 heavy (non-hydrogen) atoms. The molecule has 104 valence electrons. The maximum Gasteiger partial charge on any atom is 0.327 e. The van der Waals surface area contributed by atoms with E-state index in [0.29, 0.717) is 17.9 Å². The standard InChI is InChI=1S/C13H17NO4S/c1-9(15)14-11(13(17)18)8-19-7-6-10-4-2-3-5-12(10)16/h2-5,11,16H,6-8H2,1H3,(H,14,15)(H,17,18). The molecule has 0 saturated heterocycles. The number of carbonyl (C=O) groups excluding carboxylic acids is 1. The lowest BCUT2D eigenvalue weighted by Crippen LogP contribution is -2.41. The summed E-state index contributed by atoms with van der Waals surface area (Å²) in [5.74, 6) is -0.151. The van der Waals surface area contributed by atoms with Crippen LogP contribution < -0.4 is 5.32 Å². The van der Waals surface area contributed by atoms with Crippen LogP contribution in [0.2, 0.25) is 0 Å². The Labute approximate surface area is 116 Å². The second kappa shape index (κ2) is 7.68. The van der Waals surface area contributed by atoms with Gasteiger partial charge >= 0.3 is 5.97 Å². The molecular weight excluding hydrogens is 266 g/mol. The maximum atomic E-state index is 10.9. The highest BCUT2D eigenvalue weighted by molar-refractivity contribution is 7.99. The first-order valence-electron chi connectivity index (χ1n) is 5.85. The van der Waals surface area contributed by atoms with Crippen LogP contribution in [-0.4, -0.2) is 39.6 Å². The number of rotatable bonds is 7. The zero-order valence-corrected chi connectivity index (χ0v) is 11.4. The number of benzene rings is 1. The Bertz CT molecular complexity index is 450. The average Bonchev–Trinajstić information content (AvgIpc) is 2.34. The van der Waals surface area contributed by atoms with E-state index < -0.39 is 12.0 Å². The predicted octanol–water partition coefficient (Wildman–Crippen LogP) is 1.26. The Morgan fingerprint density at radius 2 is 2.05 bits per heavy atom. The molecule has 0 aliphatic heterocycles. The van der Waals surface area contributed by atoms with Gasteiger partial charge in [-0.1, -0.05) is 18.2 Å². The fourth-order valence-corrected chi connectivity index (χ4v) is 2.52. The molecule has 1 aromatic carbocycles. The molecule has 1 amide bonds. The summed E-state index contributed by atoms with van der Waals surface area (Å²) in [5, 5.41) is 20.9. The van der Waals surface area contributed by atoms with Crippen molar-refractivity contribution in [2.24, 2.45) is 0 Å². The number of hydrogen-bond acceptors (Lipinski definition) is 4. The predicted molar refractivity (Wildman–Crippen MR) is 74.4 cm³/mol. The molecule has 0 spiro atoms. The molecule has 1 atom stereocenters. The van der Waals surface area contributed by atoms with Crippen molar-refractivity contribution in [2.45, 2.75) is 19.4 Å². The molecule has 0 bridgehead atoms. The molecule has 0 radical (unpaired) electrons. The Kier molecular flexibility index (Phi) is 6.21. The summed E-state index contributed by atoms with van der Waals surface area (Å²) in [7, 11) is 0. The molecule has 0 fully saturated rings. The summed E-state index contributed by atoms with van der Waals surface area (Å²) < 4.78 is 0. The summed E-state index contributed by atoms with van der Waals surface area (Å²) >= 11 is 1.43. The zero-order valence-electron chi connectivity index (χ0n) is 10.6. The molecule has 1 aromatic rings. The van der Waals surface area contributed by atoms with Gasteiger partial charge in [0.15, 0.2) is 0 Å². The highest BCUT2D eigenvalue weighted by Crippen LogP contribution is 2.18. The van der Waals surface area contributed by atoms with Crippen LogP contribution in [0.25, 0.3) is 0 Å². The molecular formula is C13H17NO4S. The van der Waals surface area contributed by atoms with Crippen molar-refractivity contribution in [2.75, 3.05) is 11.5 Å². The third-order valence-electron chi connectivity index (χ3n) is 2.47. The zero-order chi connectivity index (χ0) is 14.3. The van der Waals surface area contributed by atoms with Crippen molar-refractivity contribution < 1.29 is 19.8 Å². The van der Waals surface area contributed by atoms with Gasteiger partial charge in [0, 0.05) is 12.7 Å². The third kappa shape index (κ3) is 5.65. The molecule has 0 aromatic heterocycles. The van der Waals surface area contributed by atoms with Gasteiger partial charge in [0.1, 0.15) is 11.8 Å². The largest absolute Gasteiger partial charge is 0.508 e. The minimum absolute atomic E-state index is 0.250. The number of carboxylic acid groups (broad SMARTS) is 1. The number of phenolic OH excluding ortho intramolecular Hbond substituents is 1. The third-order valence-corrected chi connectivity index (χ3v) is 3.53. The van der Waals surface area contributed by atoms with Gasteiger partial charge in [0.25, 0.3) is 0 Å². The lowest BCUT2D eigenvalue weighted by molar-refractivity contribution is -0.140. The Balaban J connectivity index is 2.35. The fourth-order valence-electron chi connectivity index (χ4n) is 1.53. The quantitative estimate of drug-likeness (QED) is 0.656. The molecule has 6 heteroatoms. The molecule has 1 rings (SSSR count). The van der Waals surface area contributed by atoms with Crippen LogP contribution in [0.15, 0.2) is 24.3 Å². The number of para-hydroxylation sites is 1. The average molecular weight is 283 g/mol. The van der Waals surface area contributed by atoms with Crippen LogP contribution in [0.1, 0.15) is 12.5 Å². The van der Waals surface area contributed by atoms with Gasteiger partial charge in [-0.15, -0.1) is 0 Å². The molecule has 5 nitrogen and oxygen atoms in total. The van der Waals surface area contributed by atoms with Crippen LogP contribution in [0.4, 0.5) is 0 Å². The number of amides is 1. The van der Waals surface area contributed by atoms with E-state index in [9.17, 15) is 14.7 Å². The first-order chi connectivity index (χ1) is 9.00. The van der Waals surface area contributed by atoms with Gasteiger partial charge in [-0.2, -0.15) is 11.8 Å². The first-order valence-corrected chi connectivity index (χ1v) is 7.00. The van der Waals surface area contributed by atoms with Crippen LogP contribution in [0.5, 0.6) is 5.75 Å². The molecule has 1 unspecified atom stereocenters. The van der Waals surface area contributed by atoms with E-state index in [1.54, 1.807) is 12.1 Å². The van der Waals surface area contributed by atoms with Gasteiger partial charge in [-0.25, -0.2) is 4.79 Å². The van der Waals surface area contributed by atoms with Gasteiger partial charge in [-0.05, 0) is 23.8 Å². The molecule has 0 aliphatic carbocycles. The van der Waals surface area contributed by atoms with Gasteiger partial charge in [0.2, 0.25) is 5.91 Å². The molecule has 0 aliphatic rings. The lowest BCUT2D eigenvalue weighted by atomic mass is 10.1. The minimum atomic E-state index is -1.04. The van der Waals surface area contributed by atoms with Crippen molar-refractivity contribution in [1.82, 2.24) is 5.32 Å². The SMILES string of the molecule is CC(=O)NC(CSCCc1ccccc1O)C(=O)O. The highest BCUT2D eigenvalue weighted by atomic mass is 32.2. The van der Waals surface area contributed by atoms with Crippen LogP contribution >= 0.6 is 11.8 Å². The number of hydrogen-bond donors (Lipinski definition) is 3. The van der Waals surface area contributed by atoms with Crippen molar-refractivity contribution in [3.8, 4) is 5.75 Å². The highest BCUT2D eigenvalue weighted by Gasteiger charge is 2.17.